The molecule has 0 aromatic carbocycles. The zero-order chi connectivity index (χ0) is 15.1. The lowest BCUT2D eigenvalue weighted by Crippen LogP contribution is -2.49. The fraction of sp³-hybridized carbons (Fsp3) is 0.941. The van der Waals surface area contributed by atoms with E-state index in [1.54, 1.807) is 0 Å². The van der Waals surface area contributed by atoms with Gasteiger partial charge in [-0.05, 0) is 30.2 Å². The summed E-state index contributed by atoms with van der Waals surface area (Å²) in [6, 6.07) is 1.10. The highest BCUT2D eigenvalue weighted by Gasteiger charge is 2.45. The van der Waals surface area contributed by atoms with E-state index in [0.29, 0.717) is 29.8 Å². The fourth-order valence-electron chi connectivity index (χ4n) is 3.36. The normalized spacial score (nSPS) is 27.4. The lowest BCUT2D eigenvalue weighted by atomic mass is 9.91. The van der Waals surface area contributed by atoms with E-state index < -0.39 is 0 Å². The average Bonchev–Trinajstić information content (AvgIpc) is 2.81. The Morgan fingerprint density at radius 2 is 1.65 bits per heavy atom. The molecule has 2 bridgehead atoms. The van der Waals surface area contributed by atoms with E-state index in [9.17, 15) is 4.79 Å². The van der Waals surface area contributed by atoms with Crippen molar-refractivity contribution in [1.82, 2.24) is 9.80 Å². The first-order chi connectivity index (χ1) is 9.05. The fourth-order valence-corrected chi connectivity index (χ4v) is 3.36. The summed E-state index contributed by atoms with van der Waals surface area (Å²) in [4.78, 5) is 17.1. The summed E-state index contributed by atoms with van der Waals surface area (Å²) in [5, 5.41) is 0. The number of carbonyl (C=O) groups excluding carboxylic acids is 1. The Balaban J connectivity index is 1.84. The quantitative estimate of drug-likeness (QED) is 0.793. The minimum atomic E-state index is 0.102. The molecule has 2 fully saturated rings. The Labute approximate surface area is 124 Å². The number of piperazine rings is 1. The van der Waals surface area contributed by atoms with E-state index in [1.807, 2.05) is 0 Å². The Hall–Kier alpha value is -0.570. The van der Waals surface area contributed by atoms with Crippen LogP contribution in [-0.4, -0.2) is 47.4 Å². The van der Waals surface area contributed by atoms with Crippen LogP contribution in [0.25, 0.3) is 0 Å². The largest absolute Gasteiger partial charge is 0.337 e. The molecule has 116 valence electrons. The molecule has 3 heteroatoms. The van der Waals surface area contributed by atoms with Crippen molar-refractivity contribution in [3.63, 3.8) is 0 Å². The number of hydrogen-bond donors (Lipinski definition) is 0. The SMILES string of the molecule is CC(C)(C)CCN1C[C@@H]2C[C@H]1CN2C(=O)CC(C)(C)C. The van der Waals surface area contributed by atoms with Crippen molar-refractivity contribution < 1.29 is 4.79 Å². The molecule has 0 aromatic heterocycles. The molecular weight excluding hydrogens is 248 g/mol. The van der Waals surface area contributed by atoms with Gasteiger partial charge in [0.05, 0.1) is 0 Å². The predicted molar refractivity (Wildman–Crippen MR) is 83.6 cm³/mol. The van der Waals surface area contributed by atoms with E-state index in [-0.39, 0.29) is 5.41 Å². The average molecular weight is 280 g/mol. The van der Waals surface area contributed by atoms with Crippen molar-refractivity contribution in [2.75, 3.05) is 19.6 Å². The zero-order valence-electron chi connectivity index (χ0n) is 14.2. The van der Waals surface area contributed by atoms with Crippen LogP contribution in [0.15, 0.2) is 0 Å². The molecule has 0 radical (unpaired) electrons. The molecule has 3 nitrogen and oxygen atoms in total. The summed E-state index contributed by atoms with van der Waals surface area (Å²) in [6.45, 7) is 16.6. The van der Waals surface area contributed by atoms with Gasteiger partial charge >= 0.3 is 0 Å². The number of rotatable bonds is 3. The number of fused-ring (bicyclic) bond motifs is 2. The number of nitrogens with zero attached hydrogens (tertiary/aromatic N) is 2. The second-order valence-electron chi connectivity index (χ2n) is 9.13. The van der Waals surface area contributed by atoms with Crippen LogP contribution in [0.4, 0.5) is 0 Å². The predicted octanol–water partition coefficient (Wildman–Crippen LogP) is 3.14. The zero-order valence-corrected chi connectivity index (χ0v) is 14.2. The van der Waals surface area contributed by atoms with Crippen LogP contribution >= 0.6 is 0 Å². The molecule has 2 aliphatic rings. The highest BCUT2D eigenvalue weighted by molar-refractivity contribution is 5.77. The third-order valence-corrected chi connectivity index (χ3v) is 4.50. The van der Waals surface area contributed by atoms with Gasteiger partial charge in [-0.15, -0.1) is 0 Å². The van der Waals surface area contributed by atoms with E-state index >= 15 is 0 Å². The van der Waals surface area contributed by atoms with Gasteiger partial charge in [0.15, 0.2) is 0 Å². The first-order valence-corrected chi connectivity index (χ1v) is 8.09. The molecule has 2 aliphatic heterocycles. The Kier molecular flexibility index (Phi) is 4.21. The molecule has 0 aromatic rings. The van der Waals surface area contributed by atoms with Crippen molar-refractivity contribution in [2.45, 2.75) is 72.9 Å². The number of likely N-dealkylation sites (tertiary alicyclic amines) is 2. The first kappa shape index (κ1) is 15.8. The minimum Gasteiger partial charge on any atom is -0.337 e. The Bertz CT molecular complexity index is 364. The van der Waals surface area contributed by atoms with E-state index in [4.69, 9.17) is 0 Å². The van der Waals surface area contributed by atoms with E-state index in [2.05, 4.69) is 51.3 Å². The van der Waals surface area contributed by atoms with Crippen molar-refractivity contribution in [1.29, 1.82) is 0 Å². The molecule has 2 saturated heterocycles. The van der Waals surface area contributed by atoms with Gasteiger partial charge in [-0.3, -0.25) is 9.69 Å². The maximum Gasteiger partial charge on any atom is 0.223 e. The lowest BCUT2D eigenvalue weighted by Gasteiger charge is -2.36. The Morgan fingerprint density at radius 1 is 1.00 bits per heavy atom. The summed E-state index contributed by atoms with van der Waals surface area (Å²) in [5.41, 5.74) is 0.508. The van der Waals surface area contributed by atoms with Gasteiger partial charge in [0.25, 0.3) is 0 Å². The molecule has 0 N–H and O–H groups in total. The van der Waals surface area contributed by atoms with Gasteiger partial charge in [-0.1, -0.05) is 41.5 Å². The molecule has 20 heavy (non-hydrogen) atoms. The van der Waals surface area contributed by atoms with Gasteiger partial charge < -0.3 is 4.90 Å². The van der Waals surface area contributed by atoms with Crippen LogP contribution in [0.1, 0.15) is 60.8 Å². The summed E-state index contributed by atoms with van der Waals surface area (Å²) >= 11 is 0. The van der Waals surface area contributed by atoms with Crippen molar-refractivity contribution in [3.05, 3.63) is 0 Å². The van der Waals surface area contributed by atoms with Crippen LogP contribution in [0.5, 0.6) is 0 Å². The van der Waals surface area contributed by atoms with Crippen molar-refractivity contribution >= 4 is 5.91 Å². The molecule has 0 spiro atoms. The van der Waals surface area contributed by atoms with Gasteiger partial charge in [-0.2, -0.15) is 0 Å². The Morgan fingerprint density at radius 3 is 2.10 bits per heavy atom. The molecule has 1 amide bonds. The van der Waals surface area contributed by atoms with Crippen molar-refractivity contribution in [2.24, 2.45) is 10.8 Å². The van der Waals surface area contributed by atoms with E-state index in [1.165, 1.54) is 19.4 Å². The third kappa shape index (κ3) is 3.97. The molecule has 0 aliphatic carbocycles. The highest BCUT2D eigenvalue weighted by Crippen LogP contribution is 2.33. The van der Waals surface area contributed by atoms with Crippen LogP contribution in [-0.2, 0) is 4.79 Å². The van der Waals surface area contributed by atoms with Crippen LogP contribution < -0.4 is 0 Å². The van der Waals surface area contributed by atoms with Crippen LogP contribution in [0, 0.1) is 10.8 Å². The van der Waals surface area contributed by atoms with Crippen LogP contribution in [0.3, 0.4) is 0 Å². The summed E-state index contributed by atoms with van der Waals surface area (Å²) < 4.78 is 0. The monoisotopic (exact) mass is 280 g/mol. The number of carbonyl (C=O) groups is 1. The first-order valence-electron chi connectivity index (χ1n) is 8.09. The lowest BCUT2D eigenvalue weighted by molar-refractivity contribution is -0.135. The molecule has 2 rings (SSSR count). The standard InChI is InChI=1S/C17H32N2O/c1-16(2,3)7-8-18-11-14-9-13(18)12-19(14)15(20)10-17(4,5)6/h13-14H,7-12H2,1-6H3/t13-,14-/m0/s1. The third-order valence-electron chi connectivity index (χ3n) is 4.50. The maximum atomic E-state index is 12.4. The molecule has 2 heterocycles. The molecular formula is C17H32N2O. The second-order valence-corrected chi connectivity index (χ2v) is 9.13. The van der Waals surface area contributed by atoms with Crippen LogP contribution in [0.2, 0.25) is 0 Å². The van der Waals surface area contributed by atoms with Gasteiger partial charge in [-0.25, -0.2) is 0 Å². The summed E-state index contributed by atoms with van der Waals surface area (Å²) in [7, 11) is 0. The van der Waals surface area contributed by atoms with Gasteiger partial charge in [0.1, 0.15) is 0 Å². The van der Waals surface area contributed by atoms with Gasteiger partial charge in [0, 0.05) is 31.6 Å². The number of amides is 1. The smallest absolute Gasteiger partial charge is 0.223 e. The molecule has 0 saturated carbocycles. The van der Waals surface area contributed by atoms with Gasteiger partial charge in [0.2, 0.25) is 5.91 Å². The molecule has 2 atom stereocenters. The highest BCUT2D eigenvalue weighted by atomic mass is 16.2. The topological polar surface area (TPSA) is 23.6 Å². The summed E-state index contributed by atoms with van der Waals surface area (Å²) in [5.74, 6) is 0.362. The minimum absolute atomic E-state index is 0.102. The molecule has 0 unspecified atom stereocenters. The number of hydrogen-bond acceptors (Lipinski definition) is 2. The van der Waals surface area contributed by atoms with Crippen molar-refractivity contribution in [3.8, 4) is 0 Å². The second kappa shape index (κ2) is 5.32. The summed E-state index contributed by atoms with van der Waals surface area (Å²) in [6.07, 6.45) is 3.12. The maximum absolute atomic E-state index is 12.4. The van der Waals surface area contributed by atoms with E-state index in [0.717, 1.165) is 13.1 Å².